The van der Waals surface area contributed by atoms with E-state index in [-0.39, 0.29) is 5.91 Å². The zero-order valence-corrected chi connectivity index (χ0v) is 10.1. The maximum absolute atomic E-state index is 11.2. The standard InChI is InChI=1S/C12H21N3O/c1-4-6-14-12(16)5-7-13-11-8-10(2)15(3)9-11/h1,10-11,13H,5-9H2,2-3H3,(H,14,16). The average Bonchev–Trinajstić information content (AvgIpc) is 2.55. The van der Waals surface area contributed by atoms with Gasteiger partial charge < -0.3 is 15.5 Å². The molecule has 4 heteroatoms. The first-order valence-corrected chi connectivity index (χ1v) is 5.77. The summed E-state index contributed by atoms with van der Waals surface area (Å²) in [5.74, 6) is 2.40. The summed E-state index contributed by atoms with van der Waals surface area (Å²) < 4.78 is 0. The molecule has 1 fully saturated rings. The largest absolute Gasteiger partial charge is 0.345 e. The van der Waals surface area contributed by atoms with Gasteiger partial charge in [0.2, 0.25) is 5.91 Å². The Balaban J connectivity index is 2.08. The molecule has 2 N–H and O–H groups in total. The molecule has 1 aliphatic rings. The molecule has 2 atom stereocenters. The molecule has 0 aromatic rings. The fraction of sp³-hybridized carbons (Fsp3) is 0.750. The third-order valence-electron chi connectivity index (χ3n) is 3.06. The van der Waals surface area contributed by atoms with Crippen molar-refractivity contribution in [1.29, 1.82) is 0 Å². The van der Waals surface area contributed by atoms with Crippen molar-refractivity contribution in [3.05, 3.63) is 0 Å². The summed E-state index contributed by atoms with van der Waals surface area (Å²) in [6.07, 6.45) is 6.70. The molecule has 1 saturated heterocycles. The zero-order valence-electron chi connectivity index (χ0n) is 10.1. The van der Waals surface area contributed by atoms with E-state index in [1.807, 2.05) is 0 Å². The fourth-order valence-corrected chi connectivity index (χ4v) is 1.97. The number of nitrogens with one attached hydrogen (secondary N) is 2. The highest BCUT2D eigenvalue weighted by atomic mass is 16.1. The number of rotatable bonds is 5. The van der Waals surface area contributed by atoms with E-state index in [2.05, 4.69) is 35.4 Å². The molecule has 1 rings (SSSR count). The summed E-state index contributed by atoms with van der Waals surface area (Å²) in [6, 6.07) is 1.15. The summed E-state index contributed by atoms with van der Waals surface area (Å²) in [4.78, 5) is 13.6. The summed E-state index contributed by atoms with van der Waals surface area (Å²) in [6.45, 7) is 4.33. The highest BCUT2D eigenvalue weighted by Crippen LogP contribution is 2.14. The Morgan fingerprint density at radius 1 is 1.62 bits per heavy atom. The average molecular weight is 223 g/mol. The van der Waals surface area contributed by atoms with Crippen molar-refractivity contribution in [3.8, 4) is 12.3 Å². The topological polar surface area (TPSA) is 44.4 Å². The Labute approximate surface area is 97.8 Å². The number of likely N-dealkylation sites (tertiary alicyclic amines) is 1. The molecule has 1 aliphatic heterocycles. The summed E-state index contributed by atoms with van der Waals surface area (Å²) >= 11 is 0. The van der Waals surface area contributed by atoms with Crippen LogP contribution in [0.15, 0.2) is 0 Å². The number of likely N-dealkylation sites (N-methyl/N-ethyl adjacent to an activating group) is 1. The van der Waals surface area contributed by atoms with Crippen molar-refractivity contribution in [2.45, 2.75) is 31.8 Å². The Hall–Kier alpha value is -1.05. The van der Waals surface area contributed by atoms with Gasteiger partial charge in [0.25, 0.3) is 0 Å². The van der Waals surface area contributed by atoms with Crippen molar-refractivity contribution in [1.82, 2.24) is 15.5 Å². The van der Waals surface area contributed by atoms with Gasteiger partial charge in [0.05, 0.1) is 6.54 Å². The minimum absolute atomic E-state index is 0.0184. The fourth-order valence-electron chi connectivity index (χ4n) is 1.97. The van der Waals surface area contributed by atoms with E-state index in [4.69, 9.17) is 6.42 Å². The number of carbonyl (C=O) groups excluding carboxylic acids is 1. The lowest BCUT2D eigenvalue weighted by atomic mass is 10.2. The van der Waals surface area contributed by atoms with Crippen LogP contribution in [-0.4, -0.2) is 49.6 Å². The number of terminal acetylenes is 1. The Morgan fingerprint density at radius 3 is 2.94 bits per heavy atom. The van der Waals surface area contributed by atoms with E-state index < -0.39 is 0 Å². The number of carbonyl (C=O) groups is 1. The molecular weight excluding hydrogens is 202 g/mol. The van der Waals surface area contributed by atoms with Gasteiger partial charge in [0.1, 0.15) is 0 Å². The van der Waals surface area contributed by atoms with Gasteiger partial charge in [-0.05, 0) is 20.4 Å². The van der Waals surface area contributed by atoms with Crippen LogP contribution in [-0.2, 0) is 4.79 Å². The second kappa shape index (κ2) is 6.51. The molecular formula is C12H21N3O. The van der Waals surface area contributed by atoms with Gasteiger partial charge >= 0.3 is 0 Å². The Morgan fingerprint density at radius 2 is 2.38 bits per heavy atom. The maximum Gasteiger partial charge on any atom is 0.222 e. The third-order valence-corrected chi connectivity index (χ3v) is 3.06. The molecule has 0 bridgehead atoms. The molecule has 0 aromatic heterocycles. The van der Waals surface area contributed by atoms with Crippen LogP contribution in [0, 0.1) is 12.3 Å². The Bertz CT molecular complexity index is 262. The smallest absolute Gasteiger partial charge is 0.222 e. The van der Waals surface area contributed by atoms with Gasteiger partial charge in [-0.15, -0.1) is 6.42 Å². The van der Waals surface area contributed by atoms with E-state index in [1.54, 1.807) is 0 Å². The molecule has 0 radical (unpaired) electrons. The minimum atomic E-state index is 0.0184. The molecule has 0 aliphatic carbocycles. The summed E-state index contributed by atoms with van der Waals surface area (Å²) in [5, 5.41) is 6.05. The van der Waals surface area contributed by atoms with E-state index in [0.717, 1.165) is 19.5 Å². The highest BCUT2D eigenvalue weighted by Gasteiger charge is 2.25. The van der Waals surface area contributed by atoms with Crippen LogP contribution in [0.25, 0.3) is 0 Å². The van der Waals surface area contributed by atoms with Gasteiger partial charge in [0.15, 0.2) is 0 Å². The predicted molar refractivity (Wildman–Crippen MR) is 65.0 cm³/mol. The normalized spacial score (nSPS) is 25.3. The first-order valence-electron chi connectivity index (χ1n) is 5.77. The van der Waals surface area contributed by atoms with Crippen LogP contribution >= 0.6 is 0 Å². The van der Waals surface area contributed by atoms with Crippen molar-refractivity contribution < 1.29 is 4.79 Å². The second-order valence-corrected chi connectivity index (χ2v) is 4.41. The monoisotopic (exact) mass is 223 g/mol. The van der Waals surface area contributed by atoms with Crippen LogP contribution in [0.1, 0.15) is 19.8 Å². The molecule has 0 spiro atoms. The molecule has 0 saturated carbocycles. The highest BCUT2D eigenvalue weighted by molar-refractivity contribution is 5.76. The van der Waals surface area contributed by atoms with Gasteiger partial charge in [0, 0.05) is 31.6 Å². The maximum atomic E-state index is 11.2. The van der Waals surface area contributed by atoms with Crippen molar-refractivity contribution >= 4 is 5.91 Å². The van der Waals surface area contributed by atoms with Gasteiger partial charge in [-0.25, -0.2) is 0 Å². The summed E-state index contributed by atoms with van der Waals surface area (Å²) in [7, 11) is 2.13. The number of amides is 1. The van der Waals surface area contributed by atoms with E-state index in [9.17, 15) is 4.79 Å². The van der Waals surface area contributed by atoms with Gasteiger partial charge in [-0.1, -0.05) is 5.92 Å². The Kier molecular flexibility index (Phi) is 5.30. The van der Waals surface area contributed by atoms with E-state index in [0.29, 0.717) is 25.0 Å². The second-order valence-electron chi connectivity index (χ2n) is 4.41. The summed E-state index contributed by atoms with van der Waals surface area (Å²) in [5.41, 5.74) is 0. The van der Waals surface area contributed by atoms with Crippen molar-refractivity contribution in [3.63, 3.8) is 0 Å². The lowest BCUT2D eigenvalue weighted by Gasteiger charge is -2.13. The lowest BCUT2D eigenvalue weighted by Crippen LogP contribution is -2.35. The number of hydrogen-bond acceptors (Lipinski definition) is 3. The third kappa shape index (κ3) is 4.21. The van der Waals surface area contributed by atoms with Gasteiger partial charge in [-0.2, -0.15) is 0 Å². The molecule has 90 valence electrons. The van der Waals surface area contributed by atoms with Crippen LogP contribution in [0.4, 0.5) is 0 Å². The van der Waals surface area contributed by atoms with E-state index in [1.165, 1.54) is 0 Å². The quantitative estimate of drug-likeness (QED) is 0.635. The van der Waals surface area contributed by atoms with Gasteiger partial charge in [-0.3, -0.25) is 4.79 Å². The molecule has 1 amide bonds. The molecule has 1 heterocycles. The number of hydrogen-bond donors (Lipinski definition) is 2. The SMILES string of the molecule is C#CCNC(=O)CCNC1CC(C)N(C)C1. The van der Waals surface area contributed by atoms with Crippen LogP contribution < -0.4 is 10.6 Å². The van der Waals surface area contributed by atoms with Crippen LogP contribution in [0.5, 0.6) is 0 Å². The van der Waals surface area contributed by atoms with Crippen molar-refractivity contribution in [2.24, 2.45) is 0 Å². The van der Waals surface area contributed by atoms with Crippen LogP contribution in [0.3, 0.4) is 0 Å². The molecule has 16 heavy (non-hydrogen) atoms. The molecule has 4 nitrogen and oxygen atoms in total. The van der Waals surface area contributed by atoms with Crippen LogP contribution in [0.2, 0.25) is 0 Å². The van der Waals surface area contributed by atoms with E-state index >= 15 is 0 Å². The molecule has 0 aromatic carbocycles. The molecule has 2 unspecified atom stereocenters. The van der Waals surface area contributed by atoms with Crippen molar-refractivity contribution in [2.75, 3.05) is 26.7 Å². The lowest BCUT2D eigenvalue weighted by molar-refractivity contribution is -0.120. The number of nitrogens with zero attached hydrogens (tertiary/aromatic N) is 1. The predicted octanol–water partition coefficient (Wildman–Crippen LogP) is -0.192. The first kappa shape index (κ1) is 13.0. The first-order chi connectivity index (χ1) is 7.63. The zero-order chi connectivity index (χ0) is 12.0. The minimum Gasteiger partial charge on any atom is -0.345 e.